The molecule has 0 aromatic rings. The van der Waals surface area contributed by atoms with Crippen molar-refractivity contribution < 1.29 is 4.74 Å². The fourth-order valence-corrected chi connectivity index (χ4v) is 1.76. The summed E-state index contributed by atoms with van der Waals surface area (Å²) in [5, 5.41) is 0. The maximum atomic E-state index is 5.61. The van der Waals surface area contributed by atoms with E-state index in [2.05, 4.69) is 13.8 Å². The highest BCUT2D eigenvalue weighted by Gasteiger charge is 2.21. The van der Waals surface area contributed by atoms with Gasteiger partial charge in [-0.3, -0.25) is 0 Å². The topological polar surface area (TPSA) is 9.23 Å². The summed E-state index contributed by atoms with van der Waals surface area (Å²) in [5.41, 5.74) is 0. The molecule has 1 heterocycles. The highest BCUT2D eigenvalue weighted by molar-refractivity contribution is 4.70. The average molecular weight is 156 g/mol. The van der Waals surface area contributed by atoms with Gasteiger partial charge in [0.05, 0.1) is 6.10 Å². The Balaban J connectivity index is 2.12. The zero-order chi connectivity index (χ0) is 8.10. The van der Waals surface area contributed by atoms with Crippen LogP contribution >= 0.6 is 0 Å². The lowest BCUT2D eigenvalue weighted by Crippen LogP contribution is -2.16. The van der Waals surface area contributed by atoms with Gasteiger partial charge in [0.2, 0.25) is 0 Å². The van der Waals surface area contributed by atoms with Crippen molar-refractivity contribution in [2.24, 2.45) is 5.92 Å². The highest BCUT2D eigenvalue weighted by atomic mass is 16.5. The molecule has 0 bridgehead atoms. The molecule has 0 aliphatic carbocycles. The van der Waals surface area contributed by atoms with Crippen LogP contribution in [0.25, 0.3) is 0 Å². The van der Waals surface area contributed by atoms with Crippen molar-refractivity contribution >= 4 is 0 Å². The van der Waals surface area contributed by atoms with Crippen LogP contribution in [-0.2, 0) is 4.74 Å². The van der Waals surface area contributed by atoms with E-state index in [9.17, 15) is 0 Å². The first-order valence-corrected chi connectivity index (χ1v) is 4.96. The van der Waals surface area contributed by atoms with Crippen LogP contribution in [0.3, 0.4) is 0 Å². The molecule has 0 amide bonds. The van der Waals surface area contributed by atoms with E-state index in [1.165, 1.54) is 32.1 Å². The van der Waals surface area contributed by atoms with Gasteiger partial charge in [-0.2, -0.15) is 0 Å². The molecule has 1 heteroatoms. The van der Waals surface area contributed by atoms with Gasteiger partial charge in [0.1, 0.15) is 0 Å². The van der Waals surface area contributed by atoms with E-state index in [0.29, 0.717) is 6.10 Å². The normalized spacial score (nSPS) is 27.3. The predicted octanol–water partition coefficient (Wildman–Crippen LogP) is 2.99. The van der Waals surface area contributed by atoms with E-state index in [4.69, 9.17) is 4.74 Å². The van der Waals surface area contributed by atoms with Crippen LogP contribution in [0.5, 0.6) is 0 Å². The minimum absolute atomic E-state index is 0.585. The summed E-state index contributed by atoms with van der Waals surface area (Å²) in [6.07, 6.45) is 7.19. The largest absolute Gasteiger partial charge is 0.378 e. The second-order valence-corrected chi connectivity index (χ2v) is 3.67. The van der Waals surface area contributed by atoms with Gasteiger partial charge in [-0.15, -0.1) is 0 Å². The summed E-state index contributed by atoms with van der Waals surface area (Å²) in [6.45, 7) is 5.58. The van der Waals surface area contributed by atoms with E-state index >= 15 is 0 Å². The molecule has 66 valence electrons. The van der Waals surface area contributed by atoms with E-state index < -0.39 is 0 Å². The summed E-state index contributed by atoms with van der Waals surface area (Å²) in [5.74, 6) is 0.789. The summed E-state index contributed by atoms with van der Waals surface area (Å²) < 4.78 is 5.61. The Morgan fingerprint density at radius 1 is 1.55 bits per heavy atom. The second-order valence-electron chi connectivity index (χ2n) is 3.67. The molecule has 1 rings (SSSR count). The first-order chi connectivity index (χ1) is 5.34. The van der Waals surface area contributed by atoms with E-state index in [-0.39, 0.29) is 0 Å². The highest BCUT2D eigenvalue weighted by Crippen LogP contribution is 2.23. The van der Waals surface area contributed by atoms with Gasteiger partial charge in [-0.05, 0) is 25.2 Å². The third-order valence-electron chi connectivity index (χ3n) is 2.61. The third kappa shape index (κ3) is 2.82. The van der Waals surface area contributed by atoms with Gasteiger partial charge >= 0.3 is 0 Å². The molecule has 2 unspecified atom stereocenters. The smallest absolute Gasteiger partial charge is 0.0601 e. The number of hydrogen-bond donors (Lipinski definition) is 0. The van der Waals surface area contributed by atoms with Gasteiger partial charge in [0, 0.05) is 6.61 Å². The molecule has 1 fully saturated rings. The van der Waals surface area contributed by atoms with E-state index in [0.717, 1.165) is 12.5 Å². The monoisotopic (exact) mass is 156 g/mol. The number of hydrogen-bond acceptors (Lipinski definition) is 1. The van der Waals surface area contributed by atoms with Crippen molar-refractivity contribution in [2.75, 3.05) is 6.61 Å². The Bertz CT molecular complexity index is 95.0. The van der Waals surface area contributed by atoms with Crippen LogP contribution < -0.4 is 0 Å². The molecule has 0 aromatic heterocycles. The van der Waals surface area contributed by atoms with Gasteiger partial charge in [-0.25, -0.2) is 0 Å². The van der Waals surface area contributed by atoms with Gasteiger partial charge in [-0.1, -0.05) is 26.7 Å². The van der Waals surface area contributed by atoms with E-state index in [1.54, 1.807) is 0 Å². The van der Waals surface area contributed by atoms with Gasteiger partial charge < -0.3 is 4.74 Å². The van der Waals surface area contributed by atoms with Crippen molar-refractivity contribution in [1.82, 2.24) is 0 Å². The van der Waals surface area contributed by atoms with Crippen LogP contribution in [0.4, 0.5) is 0 Å². The maximum absolute atomic E-state index is 5.61. The molecule has 11 heavy (non-hydrogen) atoms. The Morgan fingerprint density at radius 3 is 2.91 bits per heavy atom. The Kier molecular flexibility index (Phi) is 3.92. The van der Waals surface area contributed by atoms with Crippen LogP contribution in [0.1, 0.15) is 46.0 Å². The Morgan fingerprint density at radius 2 is 2.36 bits per heavy atom. The summed E-state index contributed by atoms with van der Waals surface area (Å²) >= 11 is 0. The zero-order valence-corrected chi connectivity index (χ0v) is 7.81. The molecular weight excluding hydrogens is 136 g/mol. The lowest BCUT2D eigenvalue weighted by Gasteiger charge is -2.17. The molecule has 0 saturated carbocycles. The number of unbranched alkanes of at least 4 members (excludes halogenated alkanes) is 1. The molecule has 1 saturated heterocycles. The molecule has 2 atom stereocenters. The maximum Gasteiger partial charge on any atom is 0.0601 e. The minimum atomic E-state index is 0.585. The van der Waals surface area contributed by atoms with Crippen molar-refractivity contribution in [3.63, 3.8) is 0 Å². The first kappa shape index (κ1) is 9.05. The lowest BCUT2D eigenvalue weighted by atomic mass is 9.96. The molecule has 0 spiro atoms. The molecule has 0 aromatic carbocycles. The van der Waals surface area contributed by atoms with Crippen LogP contribution in [0.2, 0.25) is 0 Å². The second kappa shape index (κ2) is 4.76. The van der Waals surface area contributed by atoms with Crippen molar-refractivity contribution in [2.45, 2.75) is 52.1 Å². The standard InChI is InChI=1S/C10H20O/c1-3-4-6-9(2)10-7-5-8-11-10/h9-10H,3-8H2,1-2H3. The molecule has 0 radical (unpaired) electrons. The SMILES string of the molecule is CCCCC(C)C1CCCO1. The Labute approximate surface area is 70.1 Å². The quantitative estimate of drug-likeness (QED) is 0.608. The summed E-state index contributed by atoms with van der Waals surface area (Å²) in [6, 6.07) is 0. The van der Waals surface area contributed by atoms with Crippen LogP contribution in [-0.4, -0.2) is 12.7 Å². The third-order valence-corrected chi connectivity index (χ3v) is 2.61. The average Bonchev–Trinajstić information content (AvgIpc) is 2.52. The predicted molar refractivity (Wildman–Crippen MR) is 47.7 cm³/mol. The minimum Gasteiger partial charge on any atom is -0.378 e. The Hall–Kier alpha value is -0.0400. The molecule has 1 aliphatic rings. The molecule has 0 N–H and O–H groups in total. The van der Waals surface area contributed by atoms with Gasteiger partial charge in [0.25, 0.3) is 0 Å². The molecule has 1 nitrogen and oxygen atoms in total. The van der Waals surface area contributed by atoms with Crippen molar-refractivity contribution in [1.29, 1.82) is 0 Å². The first-order valence-electron chi connectivity index (χ1n) is 4.96. The fourth-order valence-electron chi connectivity index (χ4n) is 1.76. The van der Waals surface area contributed by atoms with E-state index in [1.807, 2.05) is 0 Å². The lowest BCUT2D eigenvalue weighted by molar-refractivity contribution is 0.0655. The van der Waals surface area contributed by atoms with Crippen molar-refractivity contribution in [3.05, 3.63) is 0 Å². The zero-order valence-electron chi connectivity index (χ0n) is 7.81. The van der Waals surface area contributed by atoms with Crippen molar-refractivity contribution in [3.8, 4) is 0 Å². The number of rotatable bonds is 4. The fraction of sp³-hybridized carbons (Fsp3) is 1.00. The molecular formula is C10H20O. The van der Waals surface area contributed by atoms with Crippen LogP contribution in [0, 0.1) is 5.92 Å². The van der Waals surface area contributed by atoms with Crippen LogP contribution in [0.15, 0.2) is 0 Å². The molecule has 1 aliphatic heterocycles. The summed E-state index contributed by atoms with van der Waals surface area (Å²) in [4.78, 5) is 0. The van der Waals surface area contributed by atoms with Gasteiger partial charge in [0.15, 0.2) is 0 Å². The summed E-state index contributed by atoms with van der Waals surface area (Å²) in [7, 11) is 0. The number of ether oxygens (including phenoxy) is 1.